The lowest BCUT2D eigenvalue weighted by atomic mass is 9.90. The molecule has 0 saturated heterocycles. The number of nitrogens with one attached hydrogen (secondary N) is 2. The zero-order valence-corrected chi connectivity index (χ0v) is 23.7. The Labute approximate surface area is 243 Å². The van der Waals surface area contributed by atoms with Gasteiger partial charge >= 0.3 is 0 Å². The smallest absolute Gasteiger partial charge is 0.258 e. The highest BCUT2D eigenvalue weighted by Crippen LogP contribution is 2.43. The van der Waals surface area contributed by atoms with E-state index >= 15 is 0 Å². The van der Waals surface area contributed by atoms with Gasteiger partial charge < -0.3 is 10.6 Å². The number of amides is 2. The fourth-order valence-electron chi connectivity index (χ4n) is 6.13. The second-order valence-electron chi connectivity index (χ2n) is 12.0. The van der Waals surface area contributed by atoms with Crippen LogP contribution in [-0.2, 0) is 23.1 Å². The number of benzene rings is 2. The van der Waals surface area contributed by atoms with E-state index in [2.05, 4.69) is 50.2 Å². The molecule has 7 rings (SSSR count). The molecule has 0 spiro atoms. The number of anilines is 1. The third kappa shape index (κ3) is 4.97. The summed E-state index contributed by atoms with van der Waals surface area (Å²) in [6, 6.07) is 15.0. The number of carbonyl (C=O) groups is 2. The predicted molar refractivity (Wildman–Crippen MR) is 158 cm³/mol. The number of hydrogen-bond acceptors (Lipinski definition) is 5. The normalized spacial score (nSPS) is 19.2. The SMILES string of the molecule is Cc1cnn(C)c1-c1ccc(NC(=O)C(NC(=O)C2(F)CC2)[C@@H]2CCc3ccc(-c4cnnc(C5CC5)c4)cc32)cc1. The number of hydrogen-bond donors (Lipinski definition) is 2. The first-order valence-corrected chi connectivity index (χ1v) is 14.6. The van der Waals surface area contributed by atoms with Gasteiger partial charge in [-0.3, -0.25) is 14.3 Å². The van der Waals surface area contributed by atoms with Crippen molar-refractivity contribution < 1.29 is 14.0 Å². The Balaban J connectivity index is 1.17. The van der Waals surface area contributed by atoms with E-state index in [1.54, 1.807) is 6.20 Å². The highest BCUT2D eigenvalue weighted by atomic mass is 19.1. The van der Waals surface area contributed by atoms with Crippen molar-refractivity contribution in [2.75, 3.05) is 5.32 Å². The zero-order valence-electron chi connectivity index (χ0n) is 23.7. The van der Waals surface area contributed by atoms with E-state index in [9.17, 15) is 14.0 Å². The van der Waals surface area contributed by atoms with Crippen LogP contribution in [0.4, 0.5) is 10.1 Å². The van der Waals surface area contributed by atoms with E-state index in [1.165, 1.54) is 0 Å². The second-order valence-corrected chi connectivity index (χ2v) is 12.0. The third-order valence-corrected chi connectivity index (χ3v) is 8.89. The van der Waals surface area contributed by atoms with Crippen molar-refractivity contribution in [3.8, 4) is 22.4 Å². The molecule has 2 N–H and O–H groups in total. The van der Waals surface area contributed by atoms with Crippen LogP contribution in [0.2, 0.25) is 0 Å². The molecule has 2 aromatic heterocycles. The number of rotatable bonds is 8. The van der Waals surface area contributed by atoms with E-state index in [0.29, 0.717) is 18.0 Å². The highest BCUT2D eigenvalue weighted by Gasteiger charge is 2.52. The summed E-state index contributed by atoms with van der Waals surface area (Å²) in [5.74, 6) is -0.871. The first kappa shape index (κ1) is 26.5. The quantitative estimate of drug-likeness (QED) is 0.299. The number of aromatic nitrogens is 4. The topological polar surface area (TPSA) is 102 Å². The largest absolute Gasteiger partial charge is 0.341 e. The average molecular weight is 565 g/mol. The lowest BCUT2D eigenvalue weighted by Gasteiger charge is -2.26. The molecule has 3 aliphatic carbocycles. The molecule has 2 aromatic carbocycles. The Morgan fingerprint density at radius 1 is 1.00 bits per heavy atom. The molecule has 8 nitrogen and oxygen atoms in total. The van der Waals surface area contributed by atoms with Gasteiger partial charge in [0.05, 0.1) is 23.8 Å². The van der Waals surface area contributed by atoms with Gasteiger partial charge in [0.2, 0.25) is 5.91 Å². The minimum atomic E-state index is -1.88. The molecule has 0 aliphatic heterocycles. The molecular formula is C33H33FN6O2. The van der Waals surface area contributed by atoms with Crippen LogP contribution in [0.15, 0.2) is 60.9 Å². The Kier molecular flexibility index (Phi) is 6.40. The summed E-state index contributed by atoms with van der Waals surface area (Å²) in [5.41, 5.74) is 6.89. The molecule has 42 heavy (non-hydrogen) atoms. The van der Waals surface area contributed by atoms with Gasteiger partial charge in [0.1, 0.15) is 6.04 Å². The van der Waals surface area contributed by atoms with Crippen LogP contribution in [-0.4, -0.2) is 43.5 Å². The molecule has 2 fully saturated rings. The standard InChI is InChI=1S/C33H33FN6O2/c1-19-17-36-40(2)30(19)22-7-10-25(11-8-22)37-31(41)29(38-32(42)33(34)13-14-33)26-12-9-20-3-6-23(15-27(20)26)24-16-28(21-4-5-21)39-35-18-24/h3,6-8,10-11,15-18,21,26,29H,4-5,9,12-14H2,1-2H3,(H,37,41)(H,38,42)/t26-,29?/m1/s1. The van der Waals surface area contributed by atoms with Gasteiger partial charge in [0.15, 0.2) is 5.67 Å². The summed E-state index contributed by atoms with van der Waals surface area (Å²) < 4.78 is 16.6. The number of fused-ring (bicyclic) bond motifs is 1. The summed E-state index contributed by atoms with van der Waals surface area (Å²) in [6.45, 7) is 2.00. The van der Waals surface area contributed by atoms with Gasteiger partial charge in [-0.15, -0.1) is 0 Å². The van der Waals surface area contributed by atoms with Crippen LogP contribution < -0.4 is 10.6 Å². The van der Waals surface area contributed by atoms with Crippen LogP contribution in [0.5, 0.6) is 0 Å². The van der Waals surface area contributed by atoms with Crippen molar-refractivity contribution in [2.45, 2.75) is 69.0 Å². The van der Waals surface area contributed by atoms with Crippen molar-refractivity contribution in [1.82, 2.24) is 25.3 Å². The molecule has 2 saturated carbocycles. The minimum absolute atomic E-state index is 0.186. The Hall–Kier alpha value is -4.40. The van der Waals surface area contributed by atoms with Gasteiger partial charge in [0, 0.05) is 35.7 Å². The molecule has 4 aromatic rings. The van der Waals surface area contributed by atoms with Crippen molar-refractivity contribution >= 4 is 17.5 Å². The number of halogens is 1. The van der Waals surface area contributed by atoms with Gasteiger partial charge in [-0.05, 0) is 85.9 Å². The summed E-state index contributed by atoms with van der Waals surface area (Å²) >= 11 is 0. The van der Waals surface area contributed by atoms with E-state index in [4.69, 9.17) is 0 Å². The molecule has 3 aliphatic rings. The molecule has 0 radical (unpaired) electrons. The number of aryl methyl sites for hydroxylation is 3. The van der Waals surface area contributed by atoms with Crippen molar-refractivity contribution in [2.24, 2.45) is 7.05 Å². The molecule has 2 amide bonds. The Morgan fingerprint density at radius 2 is 1.76 bits per heavy atom. The zero-order chi connectivity index (χ0) is 29.0. The molecule has 0 bridgehead atoms. The van der Waals surface area contributed by atoms with E-state index in [1.807, 2.05) is 49.1 Å². The Bertz CT molecular complexity index is 1670. The van der Waals surface area contributed by atoms with Crippen molar-refractivity contribution in [3.63, 3.8) is 0 Å². The van der Waals surface area contributed by atoms with Gasteiger partial charge in [-0.2, -0.15) is 15.3 Å². The maximum absolute atomic E-state index is 14.8. The van der Waals surface area contributed by atoms with E-state index in [-0.39, 0.29) is 24.7 Å². The van der Waals surface area contributed by atoms with Gasteiger partial charge in [-0.1, -0.05) is 30.3 Å². The third-order valence-electron chi connectivity index (χ3n) is 8.89. The molecule has 2 heterocycles. The fourth-order valence-corrected chi connectivity index (χ4v) is 6.13. The highest BCUT2D eigenvalue weighted by molar-refractivity contribution is 6.00. The fraction of sp³-hybridized carbons (Fsp3) is 0.364. The van der Waals surface area contributed by atoms with Crippen molar-refractivity contribution in [1.29, 1.82) is 0 Å². The maximum atomic E-state index is 14.8. The summed E-state index contributed by atoms with van der Waals surface area (Å²) in [4.78, 5) is 26.7. The van der Waals surface area contributed by atoms with Gasteiger partial charge in [0.25, 0.3) is 5.91 Å². The van der Waals surface area contributed by atoms with Crippen LogP contribution >= 0.6 is 0 Å². The molecule has 2 atom stereocenters. The average Bonchev–Trinajstić information content (AvgIpc) is 3.92. The van der Waals surface area contributed by atoms with Crippen LogP contribution in [0, 0.1) is 6.92 Å². The molecular weight excluding hydrogens is 531 g/mol. The summed E-state index contributed by atoms with van der Waals surface area (Å²) in [7, 11) is 1.89. The number of carbonyl (C=O) groups excluding carboxylic acids is 2. The minimum Gasteiger partial charge on any atom is -0.341 e. The predicted octanol–water partition coefficient (Wildman–Crippen LogP) is 5.39. The molecule has 214 valence electrons. The van der Waals surface area contributed by atoms with E-state index in [0.717, 1.165) is 64.0 Å². The van der Waals surface area contributed by atoms with Crippen LogP contribution in [0.25, 0.3) is 22.4 Å². The van der Waals surface area contributed by atoms with Crippen molar-refractivity contribution in [3.05, 3.63) is 83.3 Å². The number of nitrogens with zero attached hydrogens (tertiary/aromatic N) is 4. The first-order chi connectivity index (χ1) is 20.3. The number of alkyl halides is 1. The van der Waals surface area contributed by atoms with Crippen LogP contribution in [0.1, 0.15) is 66.3 Å². The maximum Gasteiger partial charge on any atom is 0.258 e. The summed E-state index contributed by atoms with van der Waals surface area (Å²) in [5, 5.41) is 18.6. The second kappa shape index (κ2) is 10.2. The van der Waals surface area contributed by atoms with Gasteiger partial charge in [-0.25, -0.2) is 4.39 Å². The molecule has 9 heteroatoms. The molecule has 1 unspecified atom stereocenters. The lowest BCUT2D eigenvalue weighted by Crippen LogP contribution is -2.50. The summed E-state index contributed by atoms with van der Waals surface area (Å²) in [6.07, 6.45) is 7.69. The monoisotopic (exact) mass is 564 g/mol. The lowest BCUT2D eigenvalue weighted by molar-refractivity contribution is -0.131. The van der Waals surface area contributed by atoms with E-state index < -0.39 is 17.6 Å². The Morgan fingerprint density at radius 3 is 2.45 bits per heavy atom. The first-order valence-electron chi connectivity index (χ1n) is 14.6. The van der Waals surface area contributed by atoms with Crippen LogP contribution in [0.3, 0.4) is 0 Å².